The number of carboxylic acids is 1. The quantitative estimate of drug-likeness (QED) is 0.562. The van der Waals surface area contributed by atoms with Gasteiger partial charge in [0, 0.05) is 23.1 Å². The molecule has 6 nitrogen and oxygen atoms in total. The van der Waals surface area contributed by atoms with E-state index in [1.54, 1.807) is 18.4 Å². The van der Waals surface area contributed by atoms with Gasteiger partial charge in [0.1, 0.15) is 16.4 Å². The van der Waals surface area contributed by atoms with Crippen LogP contribution in [0.1, 0.15) is 12.0 Å². The van der Waals surface area contributed by atoms with Crippen LogP contribution in [-0.4, -0.2) is 20.6 Å². The summed E-state index contributed by atoms with van der Waals surface area (Å²) < 4.78 is 6.91. The maximum atomic E-state index is 13.3. The molecule has 27 heavy (non-hydrogen) atoms. The third-order valence-corrected chi connectivity index (χ3v) is 5.29. The standard InChI is InChI=1S/C20H16N2O4S/c1-12-5-2-3-6-13(12)18-21-19-17(20(25)22(18)9-8-16(23)24)14(11-27-19)15-7-4-10-26-15/h2-7,10-11H,8-9H2,1H3,(H,23,24). The molecule has 0 bridgehead atoms. The topological polar surface area (TPSA) is 85.3 Å². The van der Waals surface area contributed by atoms with Gasteiger partial charge in [0.2, 0.25) is 0 Å². The maximum Gasteiger partial charge on any atom is 0.305 e. The molecule has 0 atom stereocenters. The van der Waals surface area contributed by atoms with E-state index < -0.39 is 5.97 Å². The second-order valence-electron chi connectivity index (χ2n) is 6.16. The molecule has 0 saturated heterocycles. The highest BCUT2D eigenvalue weighted by Gasteiger charge is 2.20. The molecule has 4 rings (SSSR count). The molecule has 0 aliphatic rings. The molecule has 0 spiro atoms. The Morgan fingerprint density at radius 3 is 2.74 bits per heavy atom. The molecule has 1 N–H and O–H groups in total. The van der Waals surface area contributed by atoms with Crippen molar-refractivity contribution in [2.45, 2.75) is 19.9 Å². The summed E-state index contributed by atoms with van der Waals surface area (Å²) in [5, 5.41) is 11.4. The molecule has 0 fully saturated rings. The molecule has 3 aromatic heterocycles. The molecule has 7 heteroatoms. The van der Waals surface area contributed by atoms with Gasteiger partial charge >= 0.3 is 5.97 Å². The van der Waals surface area contributed by atoms with E-state index in [-0.39, 0.29) is 18.5 Å². The van der Waals surface area contributed by atoms with Gasteiger partial charge in [-0.2, -0.15) is 0 Å². The van der Waals surface area contributed by atoms with Gasteiger partial charge in [-0.15, -0.1) is 11.3 Å². The Kier molecular flexibility index (Phi) is 4.37. The highest BCUT2D eigenvalue weighted by Crippen LogP contribution is 2.33. The van der Waals surface area contributed by atoms with Crippen LogP contribution in [-0.2, 0) is 11.3 Å². The SMILES string of the molecule is Cc1ccccc1-c1nc2scc(-c3ccco3)c2c(=O)n1CCC(=O)O. The number of furan rings is 1. The summed E-state index contributed by atoms with van der Waals surface area (Å²) in [5.41, 5.74) is 2.20. The summed E-state index contributed by atoms with van der Waals surface area (Å²) in [7, 11) is 0. The number of carbonyl (C=O) groups is 1. The molecule has 1 aromatic carbocycles. The number of aryl methyl sites for hydroxylation is 1. The zero-order chi connectivity index (χ0) is 19.0. The zero-order valence-corrected chi connectivity index (χ0v) is 15.3. The van der Waals surface area contributed by atoms with Gasteiger partial charge in [-0.3, -0.25) is 14.2 Å². The Hall–Kier alpha value is -3.19. The minimum absolute atomic E-state index is 0.0498. The number of aromatic nitrogens is 2. The number of hydrogen-bond acceptors (Lipinski definition) is 5. The summed E-state index contributed by atoms with van der Waals surface area (Å²) in [6.07, 6.45) is 1.39. The second kappa shape index (κ2) is 6.85. The fourth-order valence-electron chi connectivity index (χ4n) is 3.08. The first-order valence-electron chi connectivity index (χ1n) is 8.40. The number of rotatable bonds is 5. The predicted molar refractivity (Wildman–Crippen MR) is 104 cm³/mol. The summed E-state index contributed by atoms with van der Waals surface area (Å²) in [4.78, 5) is 29.8. The monoisotopic (exact) mass is 380 g/mol. The molecule has 136 valence electrons. The lowest BCUT2D eigenvalue weighted by molar-refractivity contribution is -0.137. The fourth-order valence-corrected chi connectivity index (χ4v) is 4.00. The second-order valence-corrected chi connectivity index (χ2v) is 7.02. The van der Waals surface area contributed by atoms with Crippen LogP contribution < -0.4 is 5.56 Å². The Morgan fingerprint density at radius 2 is 2.04 bits per heavy atom. The number of nitrogens with zero attached hydrogens (tertiary/aromatic N) is 2. The van der Waals surface area contributed by atoms with Crippen molar-refractivity contribution < 1.29 is 14.3 Å². The Morgan fingerprint density at radius 1 is 1.22 bits per heavy atom. The van der Waals surface area contributed by atoms with Crippen LogP contribution in [0.15, 0.2) is 57.3 Å². The van der Waals surface area contributed by atoms with E-state index in [1.807, 2.05) is 36.6 Å². The normalized spacial score (nSPS) is 11.1. The fraction of sp³-hybridized carbons (Fsp3) is 0.150. The minimum Gasteiger partial charge on any atom is -0.481 e. The van der Waals surface area contributed by atoms with E-state index in [9.17, 15) is 9.59 Å². The number of fused-ring (bicyclic) bond motifs is 1. The summed E-state index contributed by atoms with van der Waals surface area (Å²) >= 11 is 1.37. The molecule has 0 aliphatic carbocycles. The van der Waals surface area contributed by atoms with Gasteiger partial charge < -0.3 is 9.52 Å². The molecule has 3 heterocycles. The largest absolute Gasteiger partial charge is 0.481 e. The van der Waals surface area contributed by atoms with Crippen molar-refractivity contribution in [1.82, 2.24) is 9.55 Å². The zero-order valence-electron chi connectivity index (χ0n) is 14.5. The van der Waals surface area contributed by atoms with Crippen molar-refractivity contribution in [3.8, 4) is 22.7 Å². The molecular weight excluding hydrogens is 364 g/mol. The molecule has 0 amide bonds. The van der Waals surface area contributed by atoms with Crippen molar-refractivity contribution >= 4 is 27.5 Å². The van der Waals surface area contributed by atoms with E-state index in [0.29, 0.717) is 27.4 Å². The Labute approximate surface area is 158 Å². The van der Waals surface area contributed by atoms with Gasteiger partial charge in [0.25, 0.3) is 5.56 Å². The Balaban J connectivity index is 2.00. The lowest BCUT2D eigenvalue weighted by atomic mass is 10.1. The Bertz CT molecular complexity index is 1190. The van der Waals surface area contributed by atoms with E-state index in [4.69, 9.17) is 14.5 Å². The summed E-state index contributed by atoms with van der Waals surface area (Å²) in [6.45, 7) is 1.99. The van der Waals surface area contributed by atoms with Crippen molar-refractivity contribution in [2.24, 2.45) is 0 Å². The predicted octanol–water partition coefficient (Wildman–Crippen LogP) is 4.17. The number of benzene rings is 1. The average molecular weight is 380 g/mol. The first-order valence-corrected chi connectivity index (χ1v) is 9.28. The molecule has 0 radical (unpaired) electrons. The van der Waals surface area contributed by atoms with Gasteiger partial charge in [-0.25, -0.2) is 4.98 Å². The highest BCUT2D eigenvalue weighted by atomic mass is 32.1. The van der Waals surface area contributed by atoms with E-state index >= 15 is 0 Å². The molecular formula is C20H16N2O4S. The summed E-state index contributed by atoms with van der Waals surface area (Å²) in [6, 6.07) is 11.2. The van der Waals surface area contributed by atoms with Crippen molar-refractivity contribution in [3.63, 3.8) is 0 Å². The van der Waals surface area contributed by atoms with Crippen LogP contribution in [0.3, 0.4) is 0 Å². The van der Waals surface area contributed by atoms with Crippen LogP contribution >= 0.6 is 11.3 Å². The molecule has 0 aliphatic heterocycles. The first kappa shape index (κ1) is 17.2. The number of hydrogen-bond donors (Lipinski definition) is 1. The van der Waals surface area contributed by atoms with Gasteiger partial charge in [-0.1, -0.05) is 24.3 Å². The molecule has 4 aromatic rings. The minimum atomic E-state index is -0.964. The third-order valence-electron chi connectivity index (χ3n) is 4.42. The lowest BCUT2D eigenvalue weighted by Crippen LogP contribution is -2.24. The van der Waals surface area contributed by atoms with Crippen LogP contribution in [0, 0.1) is 6.92 Å². The van der Waals surface area contributed by atoms with Crippen LogP contribution in [0.25, 0.3) is 32.9 Å². The summed E-state index contributed by atoms with van der Waals surface area (Å²) in [5.74, 6) is 0.113. The van der Waals surface area contributed by atoms with Gasteiger partial charge in [-0.05, 0) is 24.6 Å². The number of thiophene rings is 1. The smallest absolute Gasteiger partial charge is 0.305 e. The van der Waals surface area contributed by atoms with Crippen LogP contribution in [0.5, 0.6) is 0 Å². The van der Waals surface area contributed by atoms with E-state index in [0.717, 1.165) is 11.1 Å². The number of aliphatic carboxylic acids is 1. The van der Waals surface area contributed by atoms with E-state index in [2.05, 4.69) is 0 Å². The van der Waals surface area contributed by atoms with Crippen molar-refractivity contribution in [1.29, 1.82) is 0 Å². The average Bonchev–Trinajstić information content (AvgIpc) is 3.30. The first-order chi connectivity index (χ1) is 13.1. The lowest BCUT2D eigenvalue weighted by Gasteiger charge is -2.13. The third kappa shape index (κ3) is 3.06. The van der Waals surface area contributed by atoms with Gasteiger partial charge in [0.15, 0.2) is 0 Å². The van der Waals surface area contributed by atoms with Crippen molar-refractivity contribution in [3.05, 3.63) is 64.0 Å². The highest BCUT2D eigenvalue weighted by molar-refractivity contribution is 7.17. The van der Waals surface area contributed by atoms with Crippen LogP contribution in [0.2, 0.25) is 0 Å². The van der Waals surface area contributed by atoms with Crippen LogP contribution in [0.4, 0.5) is 0 Å². The molecule has 0 unspecified atom stereocenters. The van der Waals surface area contributed by atoms with E-state index in [1.165, 1.54) is 15.9 Å². The molecule has 0 saturated carbocycles. The van der Waals surface area contributed by atoms with Gasteiger partial charge in [0.05, 0.1) is 18.1 Å². The van der Waals surface area contributed by atoms with Crippen molar-refractivity contribution in [2.75, 3.05) is 0 Å². The maximum absolute atomic E-state index is 13.3. The number of carboxylic acid groups (broad SMARTS) is 1.